The second kappa shape index (κ2) is 14.7. The van der Waals surface area contributed by atoms with E-state index < -0.39 is 5.82 Å². The Balaban J connectivity index is 0.000000502. The molecule has 190 valence electrons. The number of nitrogens with one attached hydrogen (secondary N) is 2. The van der Waals surface area contributed by atoms with Crippen LogP contribution in [-0.2, 0) is 11.4 Å². The van der Waals surface area contributed by atoms with Crippen LogP contribution in [0.1, 0.15) is 39.7 Å². The number of nitriles is 1. The van der Waals surface area contributed by atoms with Crippen molar-refractivity contribution in [3.8, 4) is 6.07 Å². The first-order valence-corrected chi connectivity index (χ1v) is 12.2. The van der Waals surface area contributed by atoms with Crippen LogP contribution in [0.25, 0.3) is 10.9 Å². The predicted molar refractivity (Wildman–Crippen MR) is 141 cm³/mol. The molecule has 0 saturated carbocycles. The van der Waals surface area contributed by atoms with Gasteiger partial charge in [-0.15, -0.1) is 11.3 Å². The summed E-state index contributed by atoms with van der Waals surface area (Å²) in [4.78, 5) is 22.2. The number of aromatic nitrogens is 2. The lowest BCUT2D eigenvalue weighted by atomic mass is 10.2. The Labute approximate surface area is 213 Å². The number of carbonyl (C=O) groups is 1. The van der Waals surface area contributed by atoms with E-state index in [4.69, 9.17) is 10.4 Å². The predicted octanol–water partition coefficient (Wildman–Crippen LogP) is 5.18. The van der Waals surface area contributed by atoms with Crippen molar-refractivity contribution in [2.45, 2.75) is 27.3 Å². The van der Waals surface area contributed by atoms with Gasteiger partial charge in [0, 0.05) is 29.7 Å². The van der Waals surface area contributed by atoms with Crippen molar-refractivity contribution in [3.05, 3.63) is 75.6 Å². The van der Waals surface area contributed by atoms with Crippen LogP contribution in [0.5, 0.6) is 0 Å². The summed E-state index contributed by atoms with van der Waals surface area (Å²) in [6.45, 7) is 6.67. The first kappa shape index (κ1) is 28.6. The van der Waals surface area contributed by atoms with Gasteiger partial charge in [0.25, 0.3) is 0 Å². The van der Waals surface area contributed by atoms with Crippen LogP contribution in [0.15, 0.2) is 48.8 Å². The molecule has 0 unspecified atom stereocenters. The molecule has 0 radical (unpaired) electrons. The summed E-state index contributed by atoms with van der Waals surface area (Å²) < 4.78 is 16.2. The molecular weight excluding hydrogens is 481 g/mol. The number of hydrogen-bond donors (Lipinski definition) is 3. The van der Waals surface area contributed by atoms with Crippen molar-refractivity contribution in [2.75, 3.05) is 25.6 Å². The van der Waals surface area contributed by atoms with Crippen LogP contribution < -0.4 is 10.8 Å². The lowest BCUT2D eigenvalue weighted by Gasteiger charge is -2.09. The third-order valence-electron chi connectivity index (χ3n) is 4.82. The van der Waals surface area contributed by atoms with Gasteiger partial charge in [-0.05, 0) is 42.8 Å². The summed E-state index contributed by atoms with van der Waals surface area (Å²) in [5.41, 5.74) is 5.23. The lowest BCUT2D eigenvalue weighted by molar-refractivity contribution is 0.0314. The molecule has 0 spiro atoms. The summed E-state index contributed by atoms with van der Waals surface area (Å²) in [5.74, 6) is -0.390. The quantitative estimate of drug-likeness (QED) is 0.170. The SMILES string of the molecule is CC.CNOCCO.Cc1ccc(Nc2c(C=O)n(Cc3ccc(C#N)s3)c3ccncc23)c(F)c1. The van der Waals surface area contributed by atoms with E-state index in [0.717, 1.165) is 27.6 Å². The van der Waals surface area contributed by atoms with Crippen molar-refractivity contribution < 1.29 is 19.1 Å². The molecule has 36 heavy (non-hydrogen) atoms. The van der Waals surface area contributed by atoms with Gasteiger partial charge >= 0.3 is 0 Å². The standard InChI is InChI=1S/C21H15FN4OS.C3H9NO2.C2H6/c1-13-2-5-18(17(22)8-13)25-21-16-10-24-7-6-19(16)26(20(21)12-27)11-15-4-3-14(9-23)28-15;1-4-6-3-2-5;1-2/h2-8,10,12,25H,11H2,1H3;4-5H,2-3H2,1H3;1-2H3. The van der Waals surface area contributed by atoms with Crippen molar-refractivity contribution in [3.63, 3.8) is 0 Å². The third kappa shape index (κ3) is 7.19. The number of aliphatic hydroxyl groups is 1. The van der Waals surface area contributed by atoms with Crippen LogP contribution >= 0.6 is 11.3 Å². The maximum atomic E-state index is 14.4. The average Bonchev–Trinajstić information content (AvgIpc) is 3.48. The number of anilines is 2. The fraction of sp³-hybridized carbons (Fsp3) is 0.269. The Morgan fingerprint density at radius 2 is 2.06 bits per heavy atom. The smallest absolute Gasteiger partial charge is 0.168 e. The molecule has 0 amide bonds. The van der Waals surface area contributed by atoms with Crippen LogP contribution in [-0.4, -0.2) is 41.2 Å². The number of aryl methyl sites for hydroxylation is 1. The number of rotatable bonds is 8. The molecule has 4 rings (SSSR count). The number of aldehydes is 1. The number of thiophene rings is 1. The van der Waals surface area contributed by atoms with Crippen molar-refractivity contribution in [2.24, 2.45) is 0 Å². The fourth-order valence-corrected chi connectivity index (χ4v) is 4.12. The van der Waals surface area contributed by atoms with Gasteiger partial charge in [0.2, 0.25) is 0 Å². The van der Waals surface area contributed by atoms with Gasteiger partial charge in [-0.25, -0.2) is 9.87 Å². The first-order chi connectivity index (χ1) is 17.5. The van der Waals surface area contributed by atoms with E-state index >= 15 is 0 Å². The van der Waals surface area contributed by atoms with Crippen molar-refractivity contribution >= 4 is 39.9 Å². The Morgan fingerprint density at radius 1 is 1.28 bits per heavy atom. The fourth-order valence-electron chi connectivity index (χ4n) is 3.32. The number of carbonyl (C=O) groups excluding carboxylic acids is 1. The van der Waals surface area contributed by atoms with E-state index in [2.05, 4.69) is 26.7 Å². The Kier molecular flexibility index (Phi) is 11.7. The van der Waals surface area contributed by atoms with Crippen molar-refractivity contribution in [1.82, 2.24) is 15.0 Å². The molecule has 3 N–H and O–H groups in total. The van der Waals surface area contributed by atoms with Gasteiger partial charge < -0.3 is 15.0 Å². The number of pyridine rings is 1. The minimum absolute atomic E-state index is 0.0703. The highest BCUT2D eigenvalue weighted by Crippen LogP contribution is 2.34. The zero-order chi connectivity index (χ0) is 26.5. The van der Waals surface area contributed by atoms with E-state index in [1.165, 1.54) is 17.4 Å². The zero-order valence-corrected chi connectivity index (χ0v) is 21.5. The molecule has 4 aromatic rings. The Bertz CT molecular complexity index is 1310. The Hall–Kier alpha value is -3.62. The summed E-state index contributed by atoms with van der Waals surface area (Å²) >= 11 is 1.38. The molecule has 0 bridgehead atoms. The molecule has 3 aromatic heterocycles. The van der Waals surface area contributed by atoms with Crippen LogP contribution in [0.2, 0.25) is 0 Å². The first-order valence-electron chi connectivity index (χ1n) is 11.3. The summed E-state index contributed by atoms with van der Waals surface area (Å²) in [5, 5.41) is 20.9. The van der Waals surface area contributed by atoms with E-state index in [1.54, 1.807) is 37.6 Å². The normalized spacial score (nSPS) is 10.0. The summed E-state index contributed by atoms with van der Waals surface area (Å²) in [6.07, 6.45) is 4.06. The average molecular weight is 512 g/mol. The molecule has 8 nitrogen and oxygen atoms in total. The highest BCUT2D eigenvalue weighted by atomic mass is 32.1. The molecule has 10 heteroatoms. The van der Waals surface area contributed by atoms with Crippen LogP contribution in [0.4, 0.5) is 15.8 Å². The van der Waals surface area contributed by atoms with E-state index in [-0.39, 0.29) is 6.61 Å². The van der Waals surface area contributed by atoms with E-state index in [9.17, 15) is 9.18 Å². The number of nitrogens with zero attached hydrogens (tertiary/aromatic N) is 3. The van der Waals surface area contributed by atoms with Gasteiger partial charge in [-0.2, -0.15) is 5.26 Å². The second-order valence-corrected chi connectivity index (χ2v) is 8.29. The largest absolute Gasteiger partial charge is 0.394 e. The third-order valence-corrected chi connectivity index (χ3v) is 5.80. The molecule has 0 aliphatic carbocycles. The molecule has 1 aromatic carbocycles. The van der Waals surface area contributed by atoms with Gasteiger partial charge in [-0.3, -0.25) is 14.6 Å². The van der Waals surface area contributed by atoms with E-state index in [0.29, 0.717) is 35.1 Å². The minimum Gasteiger partial charge on any atom is -0.394 e. The highest BCUT2D eigenvalue weighted by molar-refractivity contribution is 7.12. The van der Waals surface area contributed by atoms with Gasteiger partial charge in [0.1, 0.15) is 22.5 Å². The van der Waals surface area contributed by atoms with E-state index in [1.807, 2.05) is 37.5 Å². The zero-order valence-electron chi connectivity index (χ0n) is 20.7. The van der Waals surface area contributed by atoms with Crippen molar-refractivity contribution in [1.29, 1.82) is 5.26 Å². The van der Waals surface area contributed by atoms with Gasteiger partial charge in [-0.1, -0.05) is 19.9 Å². The van der Waals surface area contributed by atoms with Gasteiger partial charge in [0.05, 0.1) is 36.6 Å². The molecule has 0 aliphatic rings. The number of aliphatic hydroxyl groups excluding tert-OH is 1. The minimum atomic E-state index is -0.390. The second-order valence-electron chi connectivity index (χ2n) is 7.12. The number of benzene rings is 1. The number of halogens is 1. The molecule has 0 aliphatic heterocycles. The monoisotopic (exact) mass is 511 g/mol. The topological polar surface area (TPSA) is 112 Å². The molecular formula is C26H30FN5O3S. The number of hydroxylamine groups is 1. The maximum Gasteiger partial charge on any atom is 0.168 e. The molecule has 3 heterocycles. The number of hydrogen-bond acceptors (Lipinski definition) is 8. The molecule has 0 saturated heterocycles. The Morgan fingerprint density at radius 3 is 2.64 bits per heavy atom. The summed E-state index contributed by atoms with van der Waals surface area (Å²) in [6, 6.07) is 12.5. The van der Waals surface area contributed by atoms with Gasteiger partial charge in [0.15, 0.2) is 6.29 Å². The maximum absolute atomic E-state index is 14.4. The van der Waals surface area contributed by atoms with Crippen LogP contribution in [0.3, 0.4) is 0 Å². The lowest BCUT2D eigenvalue weighted by Crippen LogP contribution is -2.10. The molecule has 0 fully saturated rings. The number of fused-ring (bicyclic) bond motifs is 1. The summed E-state index contributed by atoms with van der Waals surface area (Å²) in [7, 11) is 1.65. The highest BCUT2D eigenvalue weighted by Gasteiger charge is 2.19. The van der Waals surface area contributed by atoms with Crippen LogP contribution in [0, 0.1) is 24.1 Å². The molecule has 0 atom stereocenters.